The highest BCUT2D eigenvalue weighted by atomic mass is 19.1. The lowest BCUT2D eigenvalue weighted by molar-refractivity contribution is 0.194. The molecule has 3 heterocycles. The number of aromatic nitrogens is 3. The number of nitrogens with zero attached hydrogens (tertiary/aromatic N) is 4. The van der Waals surface area contributed by atoms with E-state index >= 15 is 0 Å². The Hall–Kier alpha value is -2.61. The van der Waals surface area contributed by atoms with E-state index in [9.17, 15) is 13.9 Å². The Bertz CT molecular complexity index is 914. The topological polar surface area (TPSA) is 75.3 Å². The normalized spacial score (nSPS) is 20.9. The number of hydrogen-bond acceptors (Lipinski definition) is 6. The first kappa shape index (κ1) is 14.9. The predicted octanol–water partition coefficient (Wildman–Crippen LogP) is 2.52. The van der Waals surface area contributed by atoms with Crippen LogP contribution in [0.1, 0.15) is 23.7 Å². The van der Waals surface area contributed by atoms with E-state index in [4.69, 9.17) is 4.52 Å². The largest absolute Gasteiger partial charge is 0.391 e. The SMILES string of the molecule is Cc1noc2ncnc(N3C[C@@H](O)C[C@@H]3c3cc(F)ccc3F)c12. The predicted molar refractivity (Wildman–Crippen MR) is 81.4 cm³/mol. The number of hydrogen-bond donors (Lipinski definition) is 1. The molecule has 1 aliphatic rings. The molecule has 124 valence electrons. The van der Waals surface area contributed by atoms with Crippen LogP contribution in [0.2, 0.25) is 0 Å². The highest BCUT2D eigenvalue weighted by Crippen LogP contribution is 2.39. The first-order valence-corrected chi connectivity index (χ1v) is 7.51. The molecule has 3 aromatic rings. The van der Waals surface area contributed by atoms with Gasteiger partial charge in [0.15, 0.2) is 0 Å². The van der Waals surface area contributed by atoms with Crippen LogP contribution in [-0.2, 0) is 0 Å². The van der Waals surface area contributed by atoms with Crippen molar-refractivity contribution >= 4 is 16.9 Å². The van der Waals surface area contributed by atoms with E-state index in [2.05, 4.69) is 15.1 Å². The number of rotatable bonds is 2. The average molecular weight is 332 g/mol. The lowest BCUT2D eigenvalue weighted by Crippen LogP contribution is -2.26. The maximum absolute atomic E-state index is 14.2. The summed E-state index contributed by atoms with van der Waals surface area (Å²) in [6.07, 6.45) is 0.921. The van der Waals surface area contributed by atoms with Crippen LogP contribution in [0, 0.1) is 18.6 Å². The summed E-state index contributed by atoms with van der Waals surface area (Å²) in [5.74, 6) is -0.557. The molecule has 2 aromatic heterocycles. The molecule has 2 atom stereocenters. The van der Waals surface area contributed by atoms with Crippen LogP contribution < -0.4 is 4.90 Å². The number of aliphatic hydroxyl groups is 1. The van der Waals surface area contributed by atoms with Crippen molar-refractivity contribution < 1.29 is 18.4 Å². The van der Waals surface area contributed by atoms with E-state index in [1.165, 1.54) is 6.33 Å². The molecule has 0 unspecified atom stereocenters. The standard InChI is InChI=1S/C16H14F2N4O2/c1-8-14-15(19-7-20-16(14)24-21-8)22-6-10(23)5-13(22)11-4-9(17)2-3-12(11)18/h2-4,7,10,13,23H,5-6H2,1H3/t10-,13+/m0/s1. The number of fused-ring (bicyclic) bond motifs is 1. The van der Waals surface area contributed by atoms with Crippen LogP contribution in [0.4, 0.5) is 14.6 Å². The molecule has 0 saturated carbocycles. The molecule has 1 fully saturated rings. The molecule has 24 heavy (non-hydrogen) atoms. The second-order valence-electron chi connectivity index (χ2n) is 5.87. The number of aliphatic hydroxyl groups excluding tert-OH is 1. The van der Waals surface area contributed by atoms with Gasteiger partial charge in [-0.2, -0.15) is 4.98 Å². The molecular formula is C16H14F2N4O2. The zero-order chi connectivity index (χ0) is 16.8. The third-order valence-corrected chi connectivity index (χ3v) is 4.29. The summed E-state index contributed by atoms with van der Waals surface area (Å²) in [4.78, 5) is 10.0. The van der Waals surface area contributed by atoms with Crippen molar-refractivity contribution in [2.75, 3.05) is 11.4 Å². The minimum Gasteiger partial charge on any atom is -0.391 e. The molecule has 0 aliphatic carbocycles. The first-order valence-electron chi connectivity index (χ1n) is 7.51. The van der Waals surface area contributed by atoms with Gasteiger partial charge in [0.25, 0.3) is 5.71 Å². The first-order chi connectivity index (χ1) is 11.5. The lowest BCUT2D eigenvalue weighted by atomic mass is 10.0. The smallest absolute Gasteiger partial charge is 0.263 e. The van der Waals surface area contributed by atoms with Gasteiger partial charge in [0.05, 0.1) is 17.8 Å². The van der Waals surface area contributed by atoms with Gasteiger partial charge in [-0.15, -0.1) is 0 Å². The fourth-order valence-corrected chi connectivity index (χ4v) is 3.23. The highest BCUT2D eigenvalue weighted by Gasteiger charge is 2.36. The van der Waals surface area contributed by atoms with E-state index < -0.39 is 23.8 Å². The monoisotopic (exact) mass is 332 g/mol. The fraction of sp³-hybridized carbons (Fsp3) is 0.312. The second-order valence-corrected chi connectivity index (χ2v) is 5.87. The van der Waals surface area contributed by atoms with Gasteiger partial charge in [-0.3, -0.25) is 0 Å². The van der Waals surface area contributed by atoms with Crippen LogP contribution in [0.3, 0.4) is 0 Å². The molecular weight excluding hydrogens is 318 g/mol. The van der Waals surface area contributed by atoms with Gasteiger partial charge in [-0.25, -0.2) is 13.8 Å². The van der Waals surface area contributed by atoms with Crippen molar-refractivity contribution in [2.24, 2.45) is 0 Å². The quantitative estimate of drug-likeness (QED) is 0.777. The van der Waals surface area contributed by atoms with Crippen LogP contribution >= 0.6 is 0 Å². The minimum absolute atomic E-state index is 0.187. The van der Waals surface area contributed by atoms with Crippen molar-refractivity contribution in [2.45, 2.75) is 25.5 Å². The third kappa shape index (κ3) is 2.30. The highest BCUT2D eigenvalue weighted by molar-refractivity contribution is 5.88. The molecule has 1 aliphatic heterocycles. The summed E-state index contributed by atoms with van der Waals surface area (Å²) in [6, 6.07) is 2.78. The van der Waals surface area contributed by atoms with Crippen molar-refractivity contribution in [3.63, 3.8) is 0 Å². The molecule has 1 aromatic carbocycles. The Morgan fingerprint density at radius 1 is 1.29 bits per heavy atom. The van der Waals surface area contributed by atoms with E-state index in [0.29, 0.717) is 22.6 Å². The number of aryl methyl sites for hydroxylation is 1. The minimum atomic E-state index is -0.678. The van der Waals surface area contributed by atoms with Gasteiger partial charge in [-0.1, -0.05) is 5.16 Å². The molecule has 0 bridgehead atoms. The Morgan fingerprint density at radius 3 is 2.96 bits per heavy atom. The van der Waals surface area contributed by atoms with Crippen LogP contribution in [0.5, 0.6) is 0 Å². The molecule has 6 nitrogen and oxygen atoms in total. The molecule has 4 rings (SSSR count). The van der Waals surface area contributed by atoms with Crippen LogP contribution in [-0.4, -0.2) is 32.9 Å². The maximum atomic E-state index is 14.2. The van der Waals surface area contributed by atoms with Gasteiger partial charge in [-0.05, 0) is 31.5 Å². The van der Waals surface area contributed by atoms with Crippen LogP contribution in [0.15, 0.2) is 29.0 Å². The molecule has 0 spiro atoms. The van der Waals surface area contributed by atoms with Gasteiger partial charge in [0.2, 0.25) is 0 Å². The van der Waals surface area contributed by atoms with E-state index in [-0.39, 0.29) is 18.5 Å². The lowest BCUT2D eigenvalue weighted by Gasteiger charge is -2.26. The number of benzene rings is 1. The van der Waals surface area contributed by atoms with E-state index in [1.807, 2.05) is 0 Å². The number of anilines is 1. The summed E-state index contributed by atoms with van der Waals surface area (Å²) in [5, 5.41) is 14.6. The molecule has 0 amide bonds. The van der Waals surface area contributed by atoms with Crippen molar-refractivity contribution in [1.29, 1.82) is 0 Å². The van der Waals surface area contributed by atoms with E-state index in [1.54, 1.807) is 11.8 Å². The number of β-amino-alcohol motifs (C(OH)–C–C–N with tert-alkyl or cyclic N) is 1. The zero-order valence-corrected chi connectivity index (χ0v) is 12.8. The maximum Gasteiger partial charge on any atom is 0.263 e. The summed E-state index contributed by atoms with van der Waals surface area (Å²) >= 11 is 0. The summed E-state index contributed by atoms with van der Waals surface area (Å²) in [7, 11) is 0. The summed E-state index contributed by atoms with van der Waals surface area (Å²) in [6.45, 7) is 2.00. The van der Waals surface area contributed by atoms with Crippen molar-refractivity contribution in [3.8, 4) is 0 Å². The Kier molecular flexibility index (Phi) is 3.42. The third-order valence-electron chi connectivity index (χ3n) is 4.29. The van der Waals surface area contributed by atoms with Crippen LogP contribution in [0.25, 0.3) is 11.1 Å². The molecule has 8 heteroatoms. The molecule has 1 saturated heterocycles. The van der Waals surface area contributed by atoms with Gasteiger partial charge in [0.1, 0.15) is 29.2 Å². The fourth-order valence-electron chi connectivity index (χ4n) is 3.23. The molecule has 0 radical (unpaired) electrons. The van der Waals surface area contributed by atoms with Gasteiger partial charge >= 0.3 is 0 Å². The van der Waals surface area contributed by atoms with E-state index in [0.717, 1.165) is 18.2 Å². The van der Waals surface area contributed by atoms with Gasteiger partial charge < -0.3 is 14.5 Å². The Balaban J connectivity index is 1.86. The van der Waals surface area contributed by atoms with Gasteiger partial charge in [0, 0.05) is 12.1 Å². The Labute approximate surface area is 135 Å². The molecule has 1 N–H and O–H groups in total. The second kappa shape index (κ2) is 5.48. The van der Waals surface area contributed by atoms with Crippen molar-refractivity contribution in [3.05, 3.63) is 47.4 Å². The van der Waals surface area contributed by atoms with Crippen molar-refractivity contribution in [1.82, 2.24) is 15.1 Å². The summed E-state index contributed by atoms with van der Waals surface area (Å²) in [5.41, 5.74) is 1.10. The number of halogens is 2. The average Bonchev–Trinajstić information content (AvgIpc) is 3.13. The Morgan fingerprint density at radius 2 is 2.12 bits per heavy atom. The zero-order valence-electron chi connectivity index (χ0n) is 12.8. The summed E-state index contributed by atoms with van der Waals surface area (Å²) < 4.78 is 33.0.